The van der Waals surface area contributed by atoms with Crippen molar-refractivity contribution in [1.82, 2.24) is 0 Å². The number of ketones is 1. The summed E-state index contributed by atoms with van der Waals surface area (Å²) < 4.78 is 10.2. The SMILES string of the molecule is COc1cc(C)cc(C)c1C(=O)C1(C(=O)O)COC1. The summed E-state index contributed by atoms with van der Waals surface area (Å²) in [6.07, 6.45) is 0. The molecule has 0 bridgehead atoms. The van der Waals surface area contributed by atoms with Crippen LogP contribution in [0.25, 0.3) is 0 Å². The van der Waals surface area contributed by atoms with Gasteiger partial charge in [-0.2, -0.15) is 0 Å². The predicted molar refractivity (Wildman–Crippen MR) is 67.7 cm³/mol. The molecule has 0 saturated carbocycles. The van der Waals surface area contributed by atoms with Gasteiger partial charge >= 0.3 is 5.97 Å². The lowest BCUT2D eigenvalue weighted by Crippen LogP contribution is -2.55. The van der Waals surface area contributed by atoms with Gasteiger partial charge in [-0.25, -0.2) is 0 Å². The number of hydrogen-bond acceptors (Lipinski definition) is 4. The molecule has 5 nitrogen and oxygen atoms in total. The Morgan fingerprint density at radius 3 is 2.37 bits per heavy atom. The molecule has 102 valence electrons. The highest BCUT2D eigenvalue weighted by molar-refractivity contribution is 6.15. The van der Waals surface area contributed by atoms with Crippen molar-refractivity contribution < 1.29 is 24.2 Å². The van der Waals surface area contributed by atoms with Gasteiger partial charge in [-0.3, -0.25) is 9.59 Å². The molecule has 1 heterocycles. The van der Waals surface area contributed by atoms with Crippen LogP contribution in [0.5, 0.6) is 5.75 Å². The van der Waals surface area contributed by atoms with E-state index >= 15 is 0 Å². The van der Waals surface area contributed by atoms with Crippen LogP contribution in [0, 0.1) is 19.3 Å². The van der Waals surface area contributed by atoms with Gasteiger partial charge in [0.2, 0.25) is 0 Å². The van der Waals surface area contributed by atoms with Crippen molar-refractivity contribution in [2.45, 2.75) is 13.8 Å². The van der Waals surface area contributed by atoms with E-state index in [1.54, 1.807) is 13.0 Å². The van der Waals surface area contributed by atoms with Gasteiger partial charge in [0.05, 0.1) is 25.9 Å². The second kappa shape index (κ2) is 4.66. The van der Waals surface area contributed by atoms with Crippen LogP contribution in [0.4, 0.5) is 0 Å². The third kappa shape index (κ3) is 2.00. The van der Waals surface area contributed by atoms with Crippen LogP contribution in [-0.4, -0.2) is 37.2 Å². The molecule has 1 N–H and O–H groups in total. The van der Waals surface area contributed by atoms with E-state index in [0.717, 1.165) is 11.1 Å². The lowest BCUT2D eigenvalue weighted by atomic mass is 9.77. The highest BCUT2D eigenvalue weighted by atomic mass is 16.5. The third-order valence-corrected chi connectivity index (χ3v) is 3.43. The zero-order chi connectivity index (χ0) is 14.2. The number of methoxy groups -OCH3 is 1. The summed E-state index contributed by atoms with van der Waals surface area (Å²) in [6.45, 7) is 3.50. The Labute approximate surface area is 111 Å². The smallest absolute Gasteiger partial charge is 0.322 e. The average Bonchev–Trinajstić information content (AvgIpc) is 2.25. The predicted octanol–water partition coefficient (Wildman–Crippen LogP) is 1.60. The quantitative estimate of drug-likeness (QED) is 0.660. The lowest BCUT2D eigenvalue weighted by Gasteiger charge is -2.36. The van der Waals surface area contributed by atoms with E-state index in [9.17, 15) is 14.7 Å². The minimum Gasteiger partial charge on any atom is -0.496 e. The second-order valence-corrected chi connectivity index (χ2v) is 4.87. The van der Waals surface area contributed by atoms with Crippen molar-refractivity contribution in [2.24, 2.45) is 5.41 Å². The van der Waals surface area contributed by atoms with Crippen LogP contribution in [0.1, 0.15) is 21.5 Å². The molecule has 2 rings (SSSR count). The normalized spacial score (nSPS) is 16.6. The molecule has 0 radical (unpaired) electrons. The van der Waals surface area contributed by atoms with Crippen molar-refractivity contribution in [2.75, 3.05) is 20.3 Å². The van der Waals surface area contributed by atoms with Gasteiger partial charge < -0.3 is 14.6 Å². The van der Waals surface area contributed by atoms with E-state index in [1.165, 1.54) is 7.11 Å². The Balaban J connectivity index is 2.53. The third-order valence-electron chi connectivity index (χ3n) is 3.43. The van der Waals surface area contributed by atoms with E-state index in [-0.39, 0.29) is 13.2 Å². The number of rotatable bonds is 4. The molecule has 0 aliphatic carbocycles. The molecule has 1 saturated heterocycles. The molecule has 1 aromatic rings. The molecular weight excluding hydrogens is 248 g/mol. The maximum Gasteiger partial charge on any atom is 0.322 e. The maximum atomic E-state index is 12.6. The number of aryl methyl sites for hydroxylation is 2. The minimum absolute atomic E-state index is 0.0857. The summed E-state index contributed by atoms with van der Waals surface area (Å²) in [6, 6.07) is 3.57. The minimum atomic E-state index is -1.46. The van der Waals surface area contributed by atoms with Gasteiger partial charge in [0.25, 0.3) is 0 Å². The first-order chi connectivity index (χ1) is 8.92. The first-order valence-corrected chi connectivity index (χ1v) is 5.93. The standard InChI is InChI=1S/C14H16O5/c1-8-4-9(2)11(10(5-8)18-3)12(15)14(13(16)17)6-19-7-14/h4-5H,6-7H2,1-3H3,(H,16,17). The summed E-state index contributed by atoms with van der Waals surface area (Å²) in [4.78, 5) is 23.9. The number of carbonyl (C=O) groups excluding carboxylic acids is 1. The largest absolute Gasteiger partial charge is 0.496 e. The van der Waals surface area contributed by atoms with E-state index in [1.807, 2.05) is 13.0 Å². The van der Waals surface area contributed by atoms with Crippen molar-refractivity contribution >= 4 is 11.8 Å². The van der Waals surface area contributed by atoms with E-state index in [0.29, 0.717) is 11.3 Å². The van der Waals surface area contributed by atoms with Gasteiger partial charge in [0.1, 0.15) is 5.75 Å². The monoisotopic (exact) mass is 264 g/mol. The molecule has 0 amide bonds. The molecule has 0 atom stereocenters. The van der Waals surface area contributed by atoms with Gasteiger partial charge in [-0.15, -0.1) is 0 Å². The number of benzene rings is 1. The van der Waals surface area contributed by atoms with Crippen LogP contribution < -0.4 is 4.74 Å². The van der Waals surface area contributed by atoms with Gasteiger partial charge in [0.15, 0.2) is 11.2 Å². The summed E-state index contributed by atoms with van der Waals surface area (Å²) in [5, 5.41) is 9.28. The van der Waals surface area contributed by atoms with Gasteiger partial charge in [-0.1, -0.05) is 6.07 Å². The number of Topliss-reactive ketones (excluding diaryl/α,β-unsaturated/α-hetero) is 1. The van der Waals surface area contributed by atoms with Gasteiger partial charge in [-0.05, 0) is 31.0 Å². The summed E-state index contributed by atoms with van der Waals surface area (Å²) in [5.74, 6) is -1.18. The molecular formula is C14H16O5. The van der Waals surface area contributed by atoms with Crippen molar-refractivity contribution in [3.05, 3.63) is 28.8 Å². The van der Waals surface area contributed by atoms with Crippen molar-refractivity contribution in [3.8, 4) is 5.75 Å². The fraction of sp³-hybridized carbons (Fsp3) is 0.429. The number of carboxylic acids is 1. The molecule has 5 heteroatoms. The topological polar surface area (TPSA) is 72.8 Å². The molecule has 0 unspecified atom stereocenters. The Morgan fingerprint density at radius 1 is 1.32 bits per heavy atom. The van der Waals surface area contributed by atoms with Crippen LogP contribution in [-0.2, 0) is 9.53 Å². The molecule has 1 aromatic carbocycles. The average molecular weight is 264 g/mol. The Kier molecular flexibility index (Phi) is 3.32. The number of hydrogen-bond donors (Lipinski definition) is 1. The molecule has 1 fully saturated rings. The zero-order valence-electron chi connectivity index (χ0n) is 11.1. The Hall–Kier alpha value is -1.88. The van der Waals surface area contributed by atoms with Gasteiger partial charge in [0, 0.05) is 0 Å². The first-order valence-electron chi connectivity index (χ1n) is 5.93. The van der Waals surface area contributed by atoms with Crippen LogP contribution in [0.2, 0.25) is 0 Å². The molecule has 1 aliphatic heterocycles. The Bertz CT molecular complexity index is 543. The van der Waals surface area contributed by atoms with Crippen molar-refractivity contribution in [1.29, 1.82) is 0 Å². The van der Waals surface area contributed by atoms with Crippen molar-refractivity contribution in [3.63, 3.8) is 0 Å². The fourth-order valence-electron chi connectivity index (χ4n) is 2.28. The van der Waals surface area contributed by atoms with E-state index < -0.39 is 17.2 Å². The number of carbonyl (C=O) groups is 2. The first kappa shape index (κ1) is 13.5. The van der Waals surface area contributed by atoms with E-state index in [2.05, 4.69) is 0 Å². The fourth-order valence-corrected chi connectivity index (χ4v) is 2.28. The summed E-state index contributed by atoms with van der Waals surface area (Å²) >= 11 is 0. The van der Waals surface area contributed by atoms with Crippen LogP contribution in [0.3, 0.4) is 0 Å². The Morgan fingerprint density at radius 2 is 1.95 bits per heavy atom. The molecule has 0 aromatic heterocycles. The maximum absolute atomic E-state index is 12.6. The summed E-state index contributed by atoms with van der Waals surface area (Å²) in [7, 11) is 1.47. The molecule has 1 aliphatic rings. The highest BCUT2D eigenvalue weighted by Crippen LogP contribution is 2.36. The second-order valence-electron chi connectivity index (χ2n) is 4.87. The molecule has 19 heavy (non-hydrogen) atoms. The number of ether oxygens (including phenoxy) is 2. The summed E-state index contributed by atoms with van der Waals surface area (Å²) in [5.41, 5.74) is 0.543. The number of aliphatic carboxylic acids is 1. The van der Waals surface area contributed by atoms with Crippen LogP contribution >= 0.6 is 0 Å². The van der Waals surface area contributed by atoms with Crippen LogP contribution in [0.15, 0.2) is 12.1 Å². The number of carboxylic acid groups (broad SMARTS) is 1. The lowest BCUT2D eigenvalue weighted by molar-refractivity contribution is -0.169. The highest BCUT2D eigenvalue weighted by Gasteiger charge is 2.54. The zero-order valence-corrected chi connectivity index (χ0v) is 11.1. The molecule has 0 spiro atoms. The van der Waals surface area contributed by atoms with E-state index in [4.69, 9.17) is 9.47 Å².